The van der Waals surface area contributed by atoms with E-state index >= 15 is 0 Å². The van der Waals surface area contributed by atoms with Gasteiger partial charge in [0, 0.05) is 13.0 Å². The average Bonchev–Trinajstić information content (AvgIpc) is 2.91. The SMILES string of the molecule is CC(C)C(NC(=O)C1Cc2ccccc2CN1C(=O)[C@@H](NC(=O)OCc1ccccc1)C(C)C)C(=O)C(F)(F)F. The number of Topliss-reactive ketones (excluding diaryl/α,β-unsaturated/α-hetero) is 1. The molecule has 0 aromatic heterocycles. The Morgan fingerprint density at radius 3 is 2.02 bits per heavy atom. The van der Waals surface area contributed by atoms with Gasteiger partial charge in [0.05, 0.1) is 6.04 Å². The minimum absolute atomic E-state index is 0.00335. The van der Waals surface area contributed by atoms with Crippen molar-refractivity contribution < 1.29 is 37.1 Å². The summed E-state index contributed by atoms with van der Waals surface area (Å²) in [5.74, 6) is -4.79. The summed E-state index contributed by atoms with van der Waals surface area (Å²) in [5.41, 5.74) is 2.27. The van der Waals surface area contributed by atoms with Crippen LogP contribution in [0.2, 0.25) is 0 Å². The molecule has 216 valence electrons. The average molecular weight is 562 g/mol. The molecule has 0 radical (unpaired) electrons. The number of rotatable bonds is 9. The topological polar surface area (TPSA) is 105 Å². The lowest BCUT2D eigenvalue weighted by Crippen LogP contribution is -2.61. The van der Waals surface area contributed by atoms with Crippen LogP contribution in [0.25, 0.3) is 0 Å². The molecule has 0 saturated heterocycles. The number of hydrogen-bond donors (Lipinski definition) is 2. The zero-order chi connectivity index (χ0) is 29.6. The highest BCUT2D eigenvalue weighted by atomic mass is 19.4. The first-order valence-corrected chi connectivity index (χ1v) is 13.1. The highest BCUT2D eigenvalue weighted by molar-refractivity contribution is 5.96. The molecule has 0 bridgehead atoms. The summed E-state index contributed by atoms with van der Waals surface area (Å²) in [7, 11) is 0. The van der Waals surface area contributed by atoms with Crippen LogP contribution in [0.4, 0.5) is 18.0 Å². The minimum atomic E-state index is -5.14. The van der Waals surface area contributed by atoms with Crippen molar-refractivity contribution in [2.75, 3.05) is 0 Å². The number of nitrogens with zero attached hydrogens (tertiary/aromatic N) is 1. The second-order valence-electron chi connectivity index (χ2n) is 10.5. The molecule has 2 aromatic rings. The molecule has 3 amide bonds. The highest BCUT2D eigenvalue weighted by Gasteiger charge is 2.46. The number of halogens is 3. The maximum atomic E-state index is 13.8. The second kappa shape index (κ2) is 13.0. The molecule has 2 N–H and O–H groups in total. The van der Waals surface area contributed by atoms with Crippen molar-refractivity contribution in [2.24, 2.45) is 11.8 Å². The number of carbonyl (C=O) groups is 4. The van der Waals surface area contributed by atoms with E-state index in [-0.39, 0.29) is 19.6 Å². The van der Waals surface area contributed by atoms with Crippen LogP contribution in [0.1, 0.15) is 44.4 Å². The van der Waals surface area contributed by atoms with Gasteiger partial charge in [-0.25, -0.2) is 4.79 Å². The summed E-state index contributed by atoms with van der Waals surface area (Å²) in [6, 6.07) is 12.0. The lowest BCUT2D eigenvalue weighted by Gasteiger charge is -2.39. The molecule has 1 aliphatic rings. The predicted octanol–water partition coefficient (Wildman–Crippen LogP) is 4.16. The zero-order valence-electron chi connectivity index (χ0n) is 22.8. The normalized spacial score (nSPS) is 16.6. The second-order valence-corrected chi connectivity index (χ2v) is 10.5. The van der Waals surface area contributed by atoms with Crippen molar-refractivity contribution in [1.29, 1.82) is 0 Å². The molecule has 1 aliphatic heterocycles. The van der Waals surface area contributed by atoms with E-state index in [4.69, 9.17) is 4.74 Å². The summed E-state index contributed by atoms with van der Waals surface area (Å²) in [6.07, 6.45) is -5.93. The van der Waals surface area contributed by atoms with Gasteiger partial charge in [0.25, 0.3) is 5.78 Å². The van der Waals surface area contributed by atoms with Gasteiger partial charge in [-0.3, -0.25) is 14.4 Å². The number of carbonyl (C=O) groups excluding carboxylic acids is 4. The van der Waals surface area contributed by atoms with Gasteiger partial charge < -0.3 is 20.3 Å². The molecule has 3 atom stereocenters. The molecule has 2 unspecified atom stereocenters. The third-order valence-electron chi connectivity index (χ3n) is 6.78. The summed E-state index contributed by atoms with van der Waals surface area (Å²) < 4.78 is 44.9. The van der Waals surface area contributed by atoms with Crippen molar-refractivity contribution in [3.63, 3.8) is 0 Å². The van der Waals surface area contributed by atoms with E-state index in [0.29, 0.717) is 0 Å². The highest BCUT2D eigenvalue weighted by Crippen LogP contribution is 2.27. The number of nitrogens with one attached hydrogen (secondary N) is 2. The molecular weight excluding hydrogens is 527 g/mol. The molecule has 40 heavy (non-hydrogen) atoms. The van der Waals surface area contributed by atoms with Crippen LogP contribution in [0.5, 0.6) is 0 Å². The number of ketones is 1. The van der Waals surface area contributed by atoms with E-state index in [1.165, 1.54) is 18.7 Å². The number of ether oxygens (including phenoxy) is 1. The molecule has 8 nitrogen and oxygen atoms in total. The monoisotopic (exact) mass is 561 g/mol. The maximum Gasteiger partial charge on any atom is 0.452 e. The predicted molar refractivity (Wildman–Crippen MR) is 141 cm³/mol. The van der Waals surface area contributed by atoms with Crippen molar-refractivity contribution in [3.8, 4) is 0 Å². The van der Waals surface area contributed by atoms with Crippen LogP contribution in [0.15, 0.2) is 54.6 Å². The summed E-state index contributed by atoms with van der Waals surface area (Å²) in [5, 5.41) is 4.82. The smallest absolute Gasteiger partial charge is 0.445 e. The van der Waals surface area contributed by atoms with Gasteiger partial charge in [-0.15, -0.1) is 0 Å². The lowest BCUT2D eigenvalue weighted by molar-refractivity contribution is -0.175. The first-order chi connectivity index (χ1) is 18.8. The third kappa shape index (κ3) is 7.61. The number of fused-ring (bicyclic) bond motifs is 1. The van der Waals surface area contributed by atoms with E-state index in [2.05, 4.69) is 10.6 Å². The van der Waals surface area contributed by atoms with Crippen molar-refractivity contribution in [1.82, 2.24) is 15.5 Å². The number of amides is 3. The van der Waals surface area contributed by atoms with Gasteiger partial charge in [-0.1, -0.05) is 82.3 Å². The molecule has 0 aliphatic carbocycles. The Kier molecular flexibility index (Phi) is 9.94. The molecule has 0 spiro atoms. The number of alkyl carbamates (subject to hydrolysis) is 1. The van der Waals surface area contributed by atoms with Crippen LogP contribution in [-0.4, -0.2) is 52.9 Å². The molecule has 1 heterocycles. The van der Waals surface area contributed by atoms with E-state index < -0.39 is 59.8 Å². The molecule has 2 aromatic carbocycles. The van der Waals surface area contributed by atoms with Crippen LogP contribution >= 0.6 is 0 Å². The molecule has 0 saturated carbocycles. The van der Waals surface area contributed by atoms with Crippen LogP contribution < -0.4 is 10.6 Å². The summed E-state index contributed by atoms with van der Waals surface area (Å²) in [6.45, 7) is 6.20. The Morgan fingerprint density at radius 1 is 0.875 bits per heavy atom. The lowest BCUT2D eigenvalue weighted by atomic mass is 9.91. The Labute approximate surface area is 231 Å². The molecular formula is C29H34F3N3O5. The maximum absolute atomic E-state index is 13.8. The van der Waals surface area contributed by atoms with Gasteiger partial charge in [-0.2, -0.15) is 13.2 Å². The quantitative estimate of drug-likeness (QED) is 0.479. The Morgan fingerprint density at radius 2 is 1.45 bits per heavy atom. The van der Waals surface area contributed by atoms with Gasteiger partial charge in [-0.05, 0) is 28.5 Å². The largest absolute Gasteiger partial charge is 0.452 e. The van der Waals surface area contributed by atoms with E-state index in [1.54, 1.807) is 62.4 Å². The van der Waals surface area contributed by atoms with Gasteiger partial charge in [0.1, 0.15) is 18.7 Å². The Hall–Kier alpha value is -3.89. The molecule has 0 fully saturated rings. The van der Waals surface area contributed by atoms with E-state index in [1.807, 2.05) is 6.07 Å². The third-order valence-corrected chi connectivity index (χ3v) is 6.78. The first-order valence-electron chi connectivity index (χ1n) is 13.1. The van der Waals surface area contributed by atoms with Crippen molar-refractivity contribution >= 4 is 23.7 Å². The number of hydrogen-bond acceptors (Lipinski definition) is 5. The van der Waals surface area contributed by atoms with Crippen LogP contribution in [0, 0.1) is 11.8 Å². The van der Waals surface area contributed by atoms with E-state index in [0.717, 1.165) is 16.7 Å². The standard InChI is InChI=1S/C29H34F3N3O5/c1-17(2)23(25(36)29(30,31)32)33-26(37)22-14-20-12-8-9-13-21(20)15-35(22)27(38)24(18(3)4)34-28(39)40-16-19-10-6-5-7-11-19/h5-13,17-18,22-24H,14-16H2,1-4H3,(H,33,37)(H,34,39)/t22?,23?,24-/m0/s1. The Bertz CT molecular complexity index is 1220. The zero-order valence-corrected chi connectivity index (χ0v) is 22.8. The molecule has 3 rings (SSSR count). The fourth-order valence-corrected chi connectivity index (χ4v) is 4.53. The van der Waals surface area contributed by atoms with E-state index in [9.17, 15) is 32.3 Å². The first kappa shape index (κ1) is 30.6. The van der Waals surface area contributed by atoms with Crippen molar-refractivity contribution in [2.45, 2.75) is 71.6 Å². The summed E-state index contributed by atoms with van der Waals surface area (Å²) in [4.78, 5) is 53.1. The van der Waals surface area contributed by atoms with Gasteiger partial charge in [0.2, 0.25) is 11.8 Å². The minimum Gasteiger partial charge on any atom is -0.445 e. The van der Waals surface area contributed by atoms with Gasteiger partial charge in [0.15, 0.2) is 0 Å². The molecule has 11 heteroatoms. The van der Waals surface area contributed by atoms with Crippen LogP contribution in [0.3, 0.4) is 0 Å². The fraction of sp³-hybridized carbons (Fsp3) is 0.448. The Balaban J connectivity index is 1.84. The number of benzene rings is 2. The fourth-order valence-electron chi connectivity index (χ4n) is 4.53. The van der Waals surface area contributed by atoms with Crippen LogP contribution in [-0.2, 0) is 38.7 Å². The number of alkyl halides is 3. The van der Waals surface area contributed by atoms with Gasteiger partial charge >= 0.3 is 12.3 Å². The van der Waals surface area contributed by atoms with Crippen molar-refractivity contribution in [3.05, 3.63) is 71.3 Å². The summed E-state index contributed by atoms with van der Waals surface area (Å²) >= 11 is 0.